The second kappa shape index (κ2) is 8.80. The Labute approximate surface area is 180 Å². The van der Waals surface area contributed by atoms with Crippen LogP contribution in [0.5, 0.6) is 0 Å². The van der Waals surface area contributed by atoms with Crippen molar-refractivity contribution in [2.45, 2.75) is 6.54 Å². The molecule has 0 aliphatic heterocycles. The van der Waals surface area contributed by atoms with Crippen molar-refractivity contribution in [2.75, 3.05) is 4.90 Å². The van der Waals surface area contributed by atoms with Gasteiger partial charge in [-0.1, -0.05) is 29.5 Å². The van der Waals surface area contributed by atoms with E-state index in [1.54, 1.807) is 36.5 Å². The van der Waals surface area contributed by atoms with E-state index in [1.807, 2.05) is 6.07 Å². The lowest BCUT2D eigenvalue weighted by atomic mass is 10.2. The molecule has 2 aromatic heterocycles. The topological polar surface area (TPSA) is 89.2 Å². The fourth-order valence-corrected chi connectivity index (χ4v) is 3.89. The van der Waals surface area contributed by atoms with Gasteiger partial charge in [-0.3, -0.25) is 24.8 Å². The molecule has 4 rings (SSSR count). The Balaban J connectivity index is 1.66. The van der Waals surface area contributed by atoms with Crippen molar-refractivity contribution in [3.05, 3.63) is 100 Å². The summed E-state index contributed by atoms with van der Waals surface area (Å²) in [6.07, 6.45) is 4.47. The highest BCUT2D eigenvalue weighted by atomic mass is 32.1. The number of pyridine rings is 1. The van der Waals surface area contributed by atoms with E-state index >= 15 is 0 Å². The van der Waals surface area contributed by atoms with Gasteiger partial charge in [0.2, 0.25) is 0 Å². The van der Waals surface area contributed by atoms with Crippen LogP contribution >= 0.6 is 11.3 Å². The van der Waals surface area contributed by atoms with Crippen molar-refractivity contribution in [3.8, 4) is 0 Å². The minimum Gasteiger partial charge on any atom is -0.278 e. The van der Waals surface area contributed by atoms with E-state index in [1.165, 1.54) is 52.7 Å². The fourth-order valence-electron chi connectivity index (χ4n) is 2.89. The van der Waals surface area contributed by atoms with E-state index in [2.05, 4.69) is 9.97 Å². The lowest BCUT2D eigenvalue weighted by molar-refractivity contribution is -0.384. The SMILES string of the molecule is O=C(/C=C/c1cccc([N+](=O)[O-])c1)N(Cc1ccccn1)c1nc2ccc(F)cc2s1. The minimum absolute atomic E-state index is 0.0619. The van der Waals surface area contributed by atoms with E-state index in [-0.39, 0.29) is 24.0 Å². The Hall–Kier alpha value is -3.98. The number of benzene rings is 2. The number of non-ortho nitro benzene ring substituents is 1. The van der Waals surface area contributed by atoms with E-state index in [4.69, 9.17) is 0 Å². The monoisotopic (exact) mass is 434 g/mol. The van der Waals surface area contributed by atoms with Crippen molar-refractivity contribution < 1.29 is 14.1 Å². The van der Waals surface area contributed by atoms with Crippen LogP contribution in [0.2, 0.25) is 0 Å². The second-order valence-electron chi connectivity index (χ2n) is 6.54. The Morgan fingerprint density at radius 2 is 2.03 bits per heavy atom. The van der Waals surface area contributed by atoms with Gasteiger partial charge in [0.1, 0.15) is 5.82 Å². The quantitative estimate of drug-likeness (QED) is 0.242. The van der Waals surface area contributed by atoms with Crippen molar-refractivity contribution in [1.29, 1.82) is 0 Å². The molecule has 1 amide bonds. The number of nitro groups is 1. The van der Waals surface area contributed by atoms with Crippen LogP contribution in [0.1, 0.15) is 11.3 Å². The molecule has 0 N–H and O–H groups in total. The van der Waals surface area contributed by atoms with Crippen LogP contribution < -0.4 is 4.90 Å². The number of nitrogens with zero attached hydrogens (tertiary/aromatic N) is 4. The summed E-state index contributed by atoms with van der Waals surface area (Å²) in [7, 11) is 0. The molecule has 4 aromatic rings. The zero-order valence-corrected chi connectivity index (χ0v) is 16.8. The molecule has 0 radical (unpaired) electrons. The molecule has 7 nitrogen and oxygen atoms in total. The van der Waals surface area contributed by atoms with Gasteiger partial charge in [0.15, 0.2) is 5.13 Å². The van der Waals surface area contributed by atoms with Crippen LogP contribution in [0.25, 0.3) is 16.3 Å². The molecule has 0 atom stereocenters. The number of hydrogen-bond donors (Lipinski definition) is 0. The lowest BCUT2D eigenvalue weighted by Crippen LogP contribution is -2.29. The number of carbonyl (C=O) groups excluding carboxylic acids is 1. The predicted molar refractivity (Wildman–Crippen MR) is 117 cm³/mol. The fraction of sp³-hybridized carbons (Fsp3) is 0.0455. The average molecular weight is 434 g/mol. The summed E-state index contributed by atoms with van der Waals surface area (Å²) >= 11 is 1.20. The zero-order valence-electron chi connectivity index (χ0n) is 16.0. The summed E-state index contributed by atoms with van der Waals surface area (Å²) in [6.45, 7) is 0.168. The molecule has 0 aliphatic carbocycles. The normalized spacial score (nSPS) is 11.1. The Morgan fingerprint density at radius 1 is 1.16 bits per heavy atom. The minimum atomic E-state index is -0.493. The van der Waals surface area contributed by atoms with Gasteiger partial charge in [-0.25, -0.2) is 9.37 Å². The van der Waals surface area contributed by atoms with Gasteiger partial charge >= 0.3 is 0 Å². The van der Waals surface area contributed by atoms with Gasteiger partial charge in [-0.2, -0.15) is 0 Å². The molecule has 0 unspecified atom stereocenters. The molecule has 154 valence electrons. The molecule has 2 aromatic carbocycles. The first-order valence-corrected chi connectivity index (χ1v) is 10.0. The van der Waals surface area contributed by atoms with Crippen molar-refractivity contribution >= 4 is 44.4 Å². The average Bonchev–Trinajstić information content (AvgIpc) is 3.19. The number of fused-ring (bicyclic) bond motifs is 1. The maximum atomic E-state index is 13.6. The van der Waals surface area contributed by atoms with Gasteiger partial charge in [0.05, 0.1) is 27.4 Å². The molecule has 2 heterocycles. The molecule has 0 fully saturated rings. The van der Waals surface area contributed by atoms with Gasteiger partial charge in [0.25, 0.3) is 11.6 Å². The second-order valence-corrected chi connectivity index (χ2v) is 7.55. The largest absolute Gasteiger partial charge is 0.278 e. The van der Waals surface area contributed by atoms with Gasteiger partial charge in [0, 0.05) is 24.4 Å². The first-order chi connectivity index (χ1) is 15.0. The van der Waals surface area contributed by atoms with Gasteiger partial charge in [-0.15, -0.1) is 0 Å². The molecular weight excluding hydrogens is 419 g/mol. The smallest absolute Gasteiger partial charge is 0.270 e. The first kappa shape index (κ1) is 20.3. The van der Waals surface area contributed by atoms with E-state index < -0.39 is 4.92 Å². The van der Waals surface area contributed by atoms with Gasteiger partial charge in [-0.05, 0) is 42.0 Å². The Kier molecular flexibility index (Phi) is 5.76. The number of rotatable bonds is 6. The summed E-state index contributed by atoms with van der Waals surface area (Å²) < 4.78 is 14.2. The predicted octanol–water partition coefficient (Wildman–Crippen LogP) is 4.99. The summed E-state index contributed by atoms with van der Waals surface area (Å²) in [5.74, 6) is -0.757. The highest BCUT2D eigenvalue weighted by molar-refractivity contribution is 7.22. The summed E-state index contributed by atoms with van der Waals surface area (Å²) in [5, 5.41) is 11.4. The molecule has 0 saturated carbocycles. The lowest BCUT2D eigenvalue weighted by Gasteiger charge is -2.17. The van der Waals surface area contributed by atoms with Crippen LogP contribution in [-0.2, 0) is 11.3 Å². The van der Waals surface area contributed by atoms with Crippen molar-refractivity contribution in [3.63, 3.8) is 0 Å². The third-order valence-corrected chi connectivity index (χ3v) is 5.42. The number of halogens is 1. The van der Waals surface area contributed by atoms with Crippen molar-refractivity contribution in [2.24, 2.45) is 0 Å². The van der Waals surface area contributed by atoms with Crippen LogP contribution in [0.4, 0.5) is 15.2 Å². The molecule has 0 bridgehead atoms. The number of thiazole rings is 1. The molecule has 0 spiro atoms. The third kappa shape index (κ3) is 4.78. The van der Waals surface area contributed by atoms with E-state index in [0.717, 1.165) is 0 Å². The third-order valence-electron chi connectivity index (χ3n) is 4.38. The van der Waals surface area contributed by atoms with E-state index in [9.17, 15) is 19.3 Å². The Bertz CT molecular complexity index is 1290. The highest BCUT2D eigenvalue weighted by Crippen LogP contribution is 2.30. The van der Waals surface area contributed by atoms with Crippen LogP contribution in [0, 0.1) is 15.9 Å². The summed E-state index contributed by atoms with van der Waals surface area (Å²) in [4.78, 5) is 33.7. The molecule has 0 saturated heterocycles. The molecular formula is C22H15FN4O3S. The van der Waals surface area contributed by atoms with Gasteiger partial charge < -0.3 is 0 Å². The maximum absolute atomic E-state index is 13.6. The highest BCUT2D eigenvalue weighted by Gasteiger charge is 2.19. The van der Waals surface area contributed by atoms with Crippen LogP contribution in [0.3, 0.4) is 0 Å². The molecule has 9 heteroatoms. The van der Waals surface area contributed by atoms with Crippen molar-refractivity contribution in [1.82, 2.24) is 9.97 Å². The number of amides is 1. The number of anilines is 1. The summed E-state index contributed by atoms with van der Waals surface area (Å²) in [5.41, 5.74) is 1.70. The maximum Gasteiger partial charge on any atom is 0.270 e. The standard InChI is InChI=1S/C22H15FN4O3S/c23-16-8-9-19-20(13-16)31-22(25-19)26(14-17-5-1-2-11-24-17)21(28)10-7-15-4-3-6-18(12-15)27(29)30/h1-13H,14H2/b10-7+. The number of hydrogen-bond acceptors (Lipinski definition) is 6. The molecule has 0 aliphatic rings. The number of carbonyl (C=O) groups is 1. The van der Waals surface area contributed by atoms with Crippen LogP contribution in [-0.4, -0.2) is 20.8 Å². The summed E-state index contributed by atoms with van der Waals surface area (Å²) in [6, 6.07) is 15.6. The Morgan fingerprint density at radius 3 is 2.81 bits per heavy atom. The first-order valence-electron chi connectivity index (χ1n) is 9.19. The van der Waals surface area contributed by atoms with Crippen LogP contribution in [0.15, 0.2) is 72.9 Å². The molecule has 31 heavy (non-hydrogen) atoms. The number of aromatic nitrogens is 2. The van der Waals surface area contributed by atoms with E-state index in [0.29, 0.717) is 26.6 Å². The number of nitro benzene ring substituents is 1. The zero-order chi connectivity index (χ0) is 21.8.